The number of rotatable bonds is 4. The number of benzene rings is 2. The van der Waals surface area contributed by atoms with E-state index in [9.17, 15) is 8.42 Å². The number of nitrogens with one attached hydrogen (secondary N) is 1. The molecule has 0 spiro atoms. The third kappa shape index (κ3) is 3.39. The molecule has 0 aliphatic carbocycles. The zero-order chi connectivity index (χ0) is 20.1. The van der Waals surface area contributed by atoms with Gasteiger partial charge in [-0.15, -0.1) is 11.3 Å². The van der Waals surface area contributed by atoms with Gasteiger partial charge in [-0.2, -0.15) is 5.10 Å². The number of halogens is 2. The number of aromatic nitrogens is 2. The molecule has 0 saturated heterocycles. The highest BCUT2D eigenvalue weighted by atomic mass is 35.5. The second-order valence-corrected chi connectivity index (χ2v) is 9.82. The molecule has 0 aliphatic heterocycles. The molecule has 2 aromatic carbocycles. The van der Waals surface area contributed by atoms with Gasteiger partial charge >= 0.3 is 0 Å². The van der Waals surface area contributed by atoms with Crippen molar-refractivity contribution in [2.24, 2.45) is 7.05 Å². The minimum atomic E-state index is -3.83. The third-order valence-electron chi connectivity index (χ3n) is 4.38. The lowest BCUT2D eigenvalue weighted by atomic mass is 10.1. The highest BCUT2D eigenvalue weighted by molar-refractivity contribution is 7.92. The Morgan fingerprint density at radius 2 is 1.86 bits per heavy atom. The number of hydrogen-bond acceptors (Lipinski definition) is 4. The first-order valence-electron chi connectivity index (χ1n) is 8.26. The van der Waals surface area contributed by atoms with Crippen LogP contribution in [0.3, 0.4) is 0 Å². The summed E-state index contributed by atoms with van der Waals surface area (Å²) in [5.74, 6) is 0.352. The van der Waals surface area contributed by atoms with E-state index in [0.29, 0.717) is 16.5 Å². The van der Waals surface area contributed by atoms with E-state index < -0.39 is 10.0 Å². The van der Waals surface area contributed by atoms with E-state index in [1.165, 1.54) is 16.8 Å². The first-order valence-corrected chi connectivity index (χ1v) is 11.3. The Morgan fingerprint density at radius 1 is 1.11 bits per heavy atom. The van der Waals surface area contributed by atoms with Crippen LogP contribution in [0.2, 0.25) is 10.0 Å². The zero-order valence-electron chi connectivity index (χ0n) is 14.9. The molecular weight excluding hydrogens is 437 g/mol. The number of hydrogen-bond donors (Lipinski definition) is 1. The van der Waals surface area contributed by atoms with Crippen molar-refractivity contribution in [2.45, 2.75) is 11.8 Å². The topological polar surface area (TPSA) is 64.0 Å². The fourth-order valence-electron chi connectivity index (χ4n) is 2.97. The molecule has 0 saturated carbocycles. The molecule has 0 atom stereocenters. The van der Waals surface area contributed by atoms with Crippen molar-refractivity contribution in [1.29, 1.82) is 0 Å². The van der Waals surface area contributed by atoms with Gasteiger partial charge in [0, 0.05) is 22.8 Å². The number of thiophene rings is 1. The highest BCUT2D eigenvalue weighted by Gasteiger charge is 2.21. The van der Waals surface area contributed by atoms with E-state index in [2.05, 4.69) is 9.82 Å². The van der Waals surface area contributed by atoms with Gasteiger partial charge in [-0.1, -0.05) is 35.3 Å². The van der Waals surface area contributed by atoms with Crippen LogP contribution in [-0.4, -0.2) is 18.2 Å². The molecule has 2 heterocycles. The molecule has 144 valence electrons. The summed E-state index contributed by atoms with van der Waals surface area (Å²) < 4.78 is 30.6. The van der Waals surface area contributed by atoms with E-state index >= 15 is 0 Å². The molecule has 0 amide bonds. The lowest BCUT2D eigenvalue weighted by molar-refractivity contribution is 0.600. The van der Waals surface area contributed by atoms with Crippen LogP contribution < -0.4 is 4.72 Å². The monoisotopic (exact) mass is 451 g/mol. The van der Waals surface area contributed by atoms with Crippen LogP contribution in [0.1, 0.15) is 5.56 Å². The van der Waals surface area contributed by atoms with E-state index in [-0.39, 0.29) is 9.92 Å². The number of sulfonamides is 1. The minimum absolute atomic E-state index is 0.0205. The van der Waals surface area contributed by atoms with Crippen LogP contribution in [-0.2, 0) is 17.1 Å². The predicted molar refractivity (Wildman–Crippen MR) is 116 cm³/mol. The van der Waals surface area contributed by atoms with E-state index in [0.717, 1.165) is 20.5 Å². The molecule has 1 N–H and O–H groups in total. The van der Waals surface area contributed by atoms with Gasteiger partial charge in [-0.3, -0.25) is 9.40 Å². The number of nitrogens with zero attached hydrogens (tertiary/aromatic N) is 2. The summed E-state index contributed by atoms with van der Waals surface area (Å²) >= 11 is 13.8. The maximum absolute atomic E-state index is 12.7. The first-order chi connectivity index (χ1) is 13.3. The molecule has 0 radical (unpaired) electrons. The van der Waals surface area contributed by atoms with E-state index in [4.69, 9.17) is 23.2 Å². The van der Waals surface area contributed by atoms with Gasteiger partial charge in [-0.05, 0) is 48.2 Å². The van der Waals surface area contributed by atoms with Crippen LogP contribution in [0.4, 0.5) is 5.82 Å². The molecule has 5 nitrogen and oxygen atoms in total. The van der Waals surface area contributed by atoms with Crippen molar-refractivity contribution in [3.63, 3.8) is 0 Å². The van der Waals surface area contributed by atoms with E-state index in [1.807, 2.05) is 25.1 Å². The summed E-state index contributed by atoms with van der Waals surface area (Å²) in [5, 5.41) is 6.40. The molecular formula is C19H15Cl2N3O2S2. The quantitative estimate of drug-likeness (QED) is 0.431. The molecule has 0 unspecified atom stereocenters. The predicted octanol–water partition coefficient (Wildman–Crippen LogP) is 5.72. The van der Waals surface area contributed by atoms with Gasteiger partial charge < -0.3 is 0 Å². The van der Waals surface area contributed by atoms with Crippen molar-refractivity contribution in [3.05, 3.63) is 64.1 Å². The van der Waals surface area contributed by atoms with Crippen molar-refractivity contribution in [1.82, 2.24) is 9.78 Å². The lowest BCUT2D eigenvalue weighted by Crippen LogP contribution is -2.15. The fourth-order valence-corrected chi connectivity index (χ4v) is 5.88. The summed E-state index contributed by atoms with van der Waals surface area (Å²) in [6, 6.07) is 13.8. The zero-order valence-corrected chi connectivity index (χ0v) is 18.0. The van der Waals surface area contributed by atoms with Crippen molar-refractivity contribution in [2.75, 3.05) is 4.72 Å². The largest absolute Gasteiger partial charge is 0.264 e. The summed E-state index contributed by atoms with van der Waals surface area (Å²) in [5.41, 5.74) is 1.75. The summed E-state index contributed by atoms with van der Waals surface area (Å²) in [7, 11) is -2.14. The average molecular weight is 452 g/mol. The molecule has 0 aliphatic rings. The molecule has 28 heavy (non-hydrogen) atoms. The lowest BCUT2D eigenvalue weighted by Gasteiger charge is -2.08. The van der Waals surface area contributed by atoms with Crippen LogP contribution in [0.5, 0.6) is 0 Å². The molecule has 0 bridgehead atoms. The van der Waals surface area contributed by atoms with Gasteiger partial charge in [0.25, 0.3) is 10.0 Å². The summed E-state index contributed by atoms with van der Waals surface area (Å²) in [4.78, 5) is 0.989. The standard InChI is InChI=1S/C19H15Cl2N3O2S2/c1-11-13-9-12(20)7-8-16(13)27-19(11)15-10-18(24(2)22-15)23-28(25,26)17-6-4-3-5-14(17)21/h3-10,23H,1-2H3. The molecule has 2 aromatic heterocycles. The number of anilines is 1. The van der Waals surface area contributed by atoms with Crippen LogP contribution in [0.15, 0.2) is 53.4 Å². The smallest absolute Gasteiger partial charge is 0.264 e. The first kappa shape index (κ1) is 19.3. The van der Waals surface area contributed by atoms with Crippen LogP contribution in [0.25, 0.3) is 20.7 Å². The molecule has 4 aromatic rings. The summed E-state index contributed by atoms with van der Waals surface area (Å²) in [6.07, 6.45) is 0. The van der Waals surface area contributed by atoms with Gasteiger partial charge in [-0.25, -0.2) is 8.42 Å². The van der Waals surface area contributed by atoms with Gasteiger partial charge in [0.1, 0.15) is 16.4 Å². The van der Waals surface area contributed by atoms with Gasteiger partial charge in [0.2, 0.25) is 0 Å². The van der Waals surface area contributed by atoms with Crippen molar-refractivity contribution in [3.8, 4) is 10.6 Å². The maximum atomic E-state index is 12.7. The Morgan fingerprint density at radius 3 is 2.61 bits per heavy atom. The number of aryl methyl sites for hydroxylation is 2. The Bertz CT molecular complexity index is 1310. The maximum Gasteiger partial charge on any atom is 0.264 e. The SMILES string of the molecule is Cc1c(-c2cc(NS(=O)(=O)c3ccccc3Cl)n(C)n2)sc2ccc(Cl)cc12. The highest BCUT2D eigenvalue weighted by Crippen LogP contribution is 2.39. The Labute approximate surface area is 176 Å². The Hall–Kier alpha value is -2.06. The molecule has 0 fully saturated rings. The van der Waals surface area contributed by atoms with Gasteiger partial charge in [0.15, 0.2) is 0 Å². The van der Waals surface area contributed by atoms with Crippen LogP contribution in [0, 0.1) is 6.92 Å². The fraction of sp³-hybridized carbons (Fsp3) is 0.105. The number of fused-ring (bicyclic) bond motifs is 1. The molecule has 9 heteroatoms. The Kier molecular flexibility index (Phi) is 4.87. The second-order valence-electron chi connectivity index (χ2n) is 6.27. The second kappa shape index (κ2) is 7.08. The minimum Gasteiger partial charge on any atom is -0.264 e. The van der Waals surface area contributed by atoms with Gasteiger partial charge in [0.05, 0.1) is 9.90 Å². The molecule has 4 rings (SSSR count). The van der Waals surface area contributed by atoms with Crippen molar-refractivity contribution < 1.29 is 8.42 Å². The third-order valence-corrected chi connectivity index (χ3v) is 7.76. The van der Waals surface area contributed by atoms with E-state index in [1.54, 1.807) is 36.6 Å². The summed E-state index contributed by atoms with van der Waals surface area (Å²) in [6.45, 7) is 2.01. The van der Waals surface area contributed by atoms with Crippen molar-refractivity contribution >= 4 is 60.5 Å². The van der Waals surface area contributed by atoms with Crippen LogP contribution >= 0.6 is 34.5 Å². The average Bonchev–Trinajstić information content (AvgIpc) is 3.15. The normalized spacial score (nSPS) is 11.9. The Balaban J connectivity index is 1.74.